The molecule has 3 nitrogen and oxygen atoms in total. The molecule has 102 valence electrons. The summed E-state index contributed by atoms with van der Waals surface area (Å²) >= 11 is 0. The third kappa shape index (κ3) is 5.36. The van der Waals surface area contributed by atoms with Crippen LogP contribution in [0.3, 0.4) is 0 Å². The molecule has 3 unspecified atom stereocenters. The molecular weight excluding hydrogens is 212 g/mol. The fraction of sp³-hybridized carbons (Fsp3) is 1.00. The zero-order valence-corrected chi connectivity index (χ0v) is 11.8. The maximum atomic E-state index is 10.1. The molecule has 0 bridgehead atoms. The molecule has 0 aromatic rings. The highest BCUT2D eigenvalue weighted by atomic mass is 16.3. The van der Waals surface area contributed by atoms with E-state index in [-0.39, 0.29) is 6.10 Å². The highest BCUT2D eigenvalue weighted by molar-refractivity contribution is 4.82. The zero-order chi connectivity index (χ0) is 12.7. The molecule has 2 N–H and O–H groups in total. The van der Waals surface area contributed by atoms with Gasteiger partial charge in [-0.05, 0) is 32.9 Å². The van der Waals surface area contributed by atoms with Crippen LogP contribution in [-0.4, -0.2) is 47.8 Å². The molecule has 0 radical (unpaired) electrons. The molecular formula is C14H30N2O. The largest absolute Gasteiger partial charge is 0.392 e. The van der Waals surface area contributed by atoms with E-state index in [1.807, 2.05) is 0 Å². The Bertz CT molecular complexity index is 195. The van der Waals surface area contributed by atoms with Gasteiger partial charge in [0.05, 0.1) is 6.10 Å². The molecule has 0 aromatic heterocycles. The van der Waals surface area contributed by atoms with Crippen LogP contribution in [0, 0.1) is 0 Å². The SMILES string of the molecule is CCN(CC)CC(C)NC1CCCCCC1O. The average Bonchev–Trinajstić information content (AvgIpc) is 2.52. The van der Waals surface area contributed by atoms with Crippen LogP contribution in [0.15, 0.2) is 0 Å². The van der Waals surface area contributed by atoms with Crippen molar-refractivity contribution in [3.63, 3.8) is 0 Å². The van der Waals surface area contributed by atoms with E-state index >= 15 is 0 Å². The van der Waals surface area contributed by atoms with Crippen LogP contribution in [0.4, 0.5) is 0 Å². The number of aliphatic hydroxyl groups excluding tert-OH is 1. The van der Waals surface area contributed by atoms with Crippen LogP contribution < -0.4 is 5.32 Å². The third-order valence-electron chi connectivity index (χ3n) is 3.90. The first-order chi connectivity index (χ1) is 8.17. The van der Waals surface area contributed by atoms with Crippen molar-refractivity contribution in [1.29, 1.82) is 0 Å². The van der Waals surface area contributed by atoms with Gasteiger partial charge < -0.3 is 15.3 Å². The van der Waals surface area contributed by atoms with Gasteiger partial charge >= 0.3 is 0 Å². The number of nitrogens with zero attached hydrogens (tertiary/aromatic N) is 1. The summed E-state index contributed by atoms with van der Waals surface area (Å²) in [6.45, 7) is 9.94. The minimum Gasteiger partial charge on any atom is -0.392 e. The minimum absolute atomic E-state index is 0.142. The van der Waals surface area contributed by atoms with Crippen molar-refractivity contribution in [3.8, 4) is 0 Å². The van der Waals surface area contributed by atoms with Gasteiger partial charge in [-0.25, -0.2) is 0 Å². The topological polar surface area (TPSA) is 35.5 Å². The predicted octanol–water partition coefficient (Wildman–Crippen LogP) is 2.00. The summed E-state index contributed by atoms with van der Waals surface area (Å²) in [4.78, 5) is 2.43. The van der Waals surface area contributed by atoms with Crippen molar-refractivity contribution in [2.45, 2.75) is 71.1 Å². The van der Waals surface area contributed by atoms with Crippen molar-refractivity contribution in [2.75, 3.05) is 19.6 Å². The Morgan fingerprint density at radius 1 is 1.18 bits per heavy atom. The van der Waals surface area contributed by atoms with Gasteiger partial charge in [0.15, 0.2) is 0 Å². The number of rotatable bonds is 6. The summed E-state index contributed by atoms with van der Waals surface area (Å²) in [7, 11) is 0. The van der Waals surface area contributed by atoms with Crippen molar-refractivity contribution in [1.82, 2.24) is 10.2 Å². The minimum atomic E-state index is -0.142. The lowest BCUT2D eigenvalue weighted by atomic mass is 10.1. The van der Waals surface area contributed by atoms with Crippen molar-refractivity contribution in [2.24, 2.45) is 0 Å². The highest BCUT2D eigenvalue weighted by Gasteiger charge is 2.23. The molecule has 3 heteroatoms. The molecule has 0 heterocycles. The van der Waals surface area contributed by atoms with E-state index < -0.39 is 0 Å². The molecule has 0 aliphatic heterocycles. The maximum absolute atomic E-state index is 10.1. The Kier molecular flexibility index (Phi) is 7.09. The summed E-state index contributed by atoms with van der Waals surface area (Å²) in [6, 6.07) is 0.774. The van der Waals surface area contributed by atoms with Crippen LogP contribution >= 0.6 is 0 Å². The zero-order valence-electron chi connectivity index (χ0n) is 11.8. The van der Waals surface area contributed by atoms with Gasteiger partial charge in [0.25, 0.3) is 0 Å². The van der Waals surface area contributed by atoms with Crippen LogP contribution in [-0.2, 0) is 0 Å². The molecule has 3 atom stereocenters. The summed E-state index contributed by atoms with van der Waals surface area (Å²) in [6.07, 6.45) is 5.67. The van der Waals surface area contributed by atoms with Crippen molar-refractivity contribution >= 4 is 0 Å². The van der Waals surface area contributed by atoms with Crippen molar-refractivity contribution in [3.05, 3.63) is 0 Å². The van der Waals surface area contributed by atoms with Gasteiger partial charge in [-0.2, -0.15) is 0 Å². The number of hydrogen-bond acceptors (Lipinski definition) is 3. The highest BCUT2D eigenvalue weighted by Crippen LogP contribution is 2.18. The van der Waals surface area contributed by atoms with Crippen LogP contribution in [0.25, 0.3) is 0 Å². The number of nitrogens with one attached hydrogen (secondary N) is 1. The van der Waals surface area contributed by atoms with E-state index in [2.05, 4.69) is 31.0 Å². The number of hydrogen-bond donors (Lipinski definition) is 2. The lowest BCUT2D eigenvalue weighted by Crippen LogP contribution is -2.48. The Morgan fingerprint density at radius 3 is 2.47 bits per heavy atom. The molecule has 1 aliphatic carbocycles. The van der Waals surface area contributed by atoms with Gasteiger partial charge in [-0.15, -0.1) is 0 Å². The lowest BCUT2D eigenvalue weighted by molar-refractivity contribution is 0.110. The first-order valence-electron chi connectivity index (χ1n) is 7.33. The average molecular weight is 242 g/mol. The second-order valence-electron chi connectivity index (χ2n) is 5.37. The molecule has 0 saturated heterocycles. The Hall–Kier alpha value is -0.120. The molecule has 0 aromatic carbocycles. The molecule has 1 aliphatic rings. The monoisotopic (exact) mass is 242 g/mol. The summed E-state index contributed by atoms with van der Waals surface area (Å²) in [5.41, 5.74) is 0. The maximum Gasteiger partial charge on any atom is 0.0693 e. The smallest absolute Gasteiger partial charge is 0.0693 e. The third-order valence-corrected chi connectivity index (χ3v) is 3.90. The second kappa shape index (κ2) is 8.06. The van der Waals surface area contributed by atoms with Crippen LogP contribution in [0.5, 0.6) is 0 Å². The fourth-order valence-corrected chi connectivity index (χ4v) is 2.77. The van der Waals surface area contributed by atoms with Gasteiger partial charge in [0.2, 0.25) is 0 Å². The predicted molar refractivity (Wildman–Crippen MR) is 73.3 cm³/mol. The molecule has 1 saturated carbocycles. The molecule has 1 fully saturated rings. The first kappa shape index (κ1) is 14.9. The Morgan fingerprint density at radius 2 is 1.82 bits per heavy atom. The Balaban J connectivity index is 2.34. The van der Waals surface area contributed by atoms with Gasteiger partial charge in [0, 0.05) is 18.6 Å². The summed E-state index contributed by atoms with van der Waals surface area (Å²) in [5, 5.41) is 13.7. The number of aliphatic hydroxyl groups is 1. The quantitative estimate of drug-likeness (QED) is 0.699. The first-order valence-corrected chi connectivity index (χ1v) is 7.33. The van der Waals surface area contributed by atoms with E-state index in [1.165, 1.54) is 19.3 Å². The lowest BCUT2D eigenvalue weighted by Gasteiger charge is -2.29. The number of likely N-dealkylation sites (N-methyl/N-ethyl adjacent to an activating group) is 1. The van der Waals surface area contributed by atoms with E-state index in [0.717, 1.165) is 32.5 Å². The van der Waals surface area contributed by atoms with E-state index in [0.29, 0.717) is 12.1 Å². The van der Waals surface area contributed by atoms with E-state index in [4.69, 9.17) is 0 Å². The molecule has 0 spiro atoms. The Labute approximate surface area is 107 Å². The molecule has 0 amide bonds. The summed E-state index contributed by atoms with van der Waals surface area (Å²) < 4.78 is 0. The van der Waals surface area contributed by atoms with E-state index in [1.54, 1.807) is 0 Å². The second-order valence-corrected chi connectivity index (χ2v) is 5.37. The summed E-state index contributed by atoms with van der Waals surface area (Å²) in [5.74, 6) is 0. The normalized spacial score (nSPS) is 28.1. The molecule has 1 rings (SSSR count). The van der Waals surface area contributed by atoms with Crippen LogP contribution in [0.2, 0.25) is 0 Å². The van der Waals surface area contributed by atoms with Crippen molar-refractivity contribution < 1.29 is 5.11 Å². The fourth-order valence-electron chi connectivity index (χ4n) is 2.77. The molecule has 17 heavy (non-hydrogen) atoms. The standard InChI is InChI=1S/C14H30N2O/c1-4-16(5-2)11-12(3)15-13-9-7-6-8-10-14(13)17/h12-15,17H,4-11H2,1-3H3. The van der Waals surface area contributed by atoms with Gasteiger partial charge in [0.1, 0.15) is 0 Å². The van der Waals surface area contributed by atoms with Gasteiger partial charge in [-0.1, -0.05) is 33.1 Å². The van der Waals surface area contributed by atoms with E-state index in [9.17, 15) is 5.11 Å². The van der Waals surface area contributed by atoms with Gasteiger partial charge in [-0.3, -0.25) is 0 Å². The van der Waals surface area contributed by atoms with Crippen LogP contribution in [0.1, 0.15) is 52.9 Å².